The van der Waals surface area contributed by atoms with Gasteiger partial charge in [0, 0.05) is 17.8 Å². The van der Waals surface area contributed by atoms with E-state index in [9.17, 15) is 13.2 Å². The number of halogens is 1. The summed E-state index contributed by atoms with van der Waals surface area (Å²) in [5, 5.41) is 5.05. The van der Waals surface area contributed by atoms with E-state index in [-0.39, 0.29) is 21.4 Å². The normalized spacial score (nSPS) is 11.4. The molecule has 33 heavy (non-hydrogen) atoms. The largest absolute Gasteiger partial charge is 0.348 e. The Labute approximate surface area is 198 Å². The van der Waals surface area contributed by atoms with Crippen molar-refractivity contribution in [1.29, 1.82) is 0 Å². The third-order valence-electron chi connectivity index (χ3n) is 5.56. The highest BCUT2D eigenvalue weighted by Crippen LogP contribution is 2.26. The lowest BCUT2D eigenvalue weighted by molar-refractivity contribution is 0.0951. The summed E-state index contributed by atoms with van der Waals surface area (Å²) >= 11 is 6.20. The summed E-state index contributed by atoms with van der Waals surface area (Å²) in [6.45, 7) is 4.16. The van der Waals surface area contributed by atoms with Crippen LogP contribution in [0.15, 0.2) is 83.8 Å². The zero-order valence-electron chi connectivity index (χ0n) is 18.2. The Morgan fingerprint density at radius 2 is 1.64 bits per heavy atom. The molecule has 0 aliphatic heterocycles. The average molecular weight is 479 g/mol. The van der Waals surface area contributed by atoms with Crippen molar-refractivity contribution in [3.05, 3.63) is 106 Å². The first-order valence-electron chi connectivity index (χ1n) is 10.4. The van der Waals surface area contributed by atoms with Crippen LogP contribution in [0.3, 0.4) is 0 Å². The van der Waals surface area contributed by atoms with Gasteiger partial charge in [-0.3, -0.25) is 9.52 Å². The number of anilines is 1. The second-order valence-electron chi connectivity index (χ2n) is 7.87. The van der Waals surface area contributed by atoms with Gasteiger partial charge in [0.15, 0.2) is 0 Å². The lowest BCUT2D eigenvalue weighted by Crippen LogP contribution is -2.23. The van der Waals surface area contributed by atoms with Crippen molar-refractivity contribution < 1.29 is 13.2 Å². The molecule has 0 aliphatic rings. The molecule has 4 aromatic rings. The maximum atomic E-state index is 13.0. The average Bonchev–Trinajstić information content (AvgIpc) is 2.80. The molecular weight excluding hydrogens is 456 g/mol. The lowest BCUT2D eigenvalue weighted by Gasteiger charge is -2.13. The van der Waals surface area contributed by atoms with Crippen molar-refractivity contribution in [2.75, 3.05) is 4.72 Å². The molecule has 0 aliphatic carbocycles. The number of aryl methyl sites for hydroxylation is 2. The first-order valence-corrected chi connectivity index (χ1v) is 12.3. The van der Waals surface area contributed by atoms with Gasteiger partial charge < -0.3 is 5.32 Å². The van der Waals surface area contributed by atoms with Crippen LogP contribution in [0.4, 0.5) is 5.69 Å². The Morgan fingerprint density at radius 1 is 0.879 bits per heavy atom. The molecule has 0 unspecified atom stereocenters. The monoisotopic (exact) mass is 478 g/mol. The fraction of sp³-hybridized carbons (Fsp3) is 0.115. The van der Waals surface area contributed by atoms with Gasteiger partial charge in [0.2, 0.25) is 0 Å². The predicted molar refractivity (Wildman–Crippen MR) is 133 cm³/mol. The fourth-order valence-corrected chi connectivity index (χ4v) is 5.17. The number of rotatable bonds is 6. The lowest BCUT2D eigenvalue weighted by atomic mass is 10.0. The topological polar surface area (TPSA) is 75.3 Å². The molecule has 0 bridgehead atoms. The van der Waals surface area contributed by atoms with E-state index in [2.05, 4.69) is 10.0 Å². The van der Waals surface area contributed by atoms with Crippen molar-refractivity contribution in [2.45, 2.75) is 25.3 Å². The summed E-state index contributed by atoms with van der Waals surface area (Å²) in [6.07, 6.45) is 0. The van der Waals surface area contributed by atoms with Gasteiger partial charge in [0.05, 0.1) is 5.02 Å². The smallest absolute Gasteiger partial charge is 0.263 e. The van der Waals surface area contributed by atoms with Crippen LogP contribution >= 0.6 is 11.6 Å². The van der Waals surface area contributed by atoms with Gasteiger partial charge >= 0.3 is 0 Å². The second kappa shape index (κ2) is 9.25. The van der Waals surface area contributed by atoms with Crippen LogP contribution < -0.4 is 10.0 Å². The summed E-state index contributed by atoms with van der Waals surface area (Å²) < 4.78 is 28.5. The van der Waals surface area contributed by atoms with Gasteiger partial charge in [-0.1, -0.05) is 60.1 Å². The van der Waals surface area contributed by atoms with E-state index in [4.69, 9.17) is 11.6 Å². The molecular formula is C26H23ClN2O3S. The van der Waals surface area contributed by atoms with E-state index in [1.807, 2.05) is 62.4 Å². The van der Waals surface area contributed by atoms with Crippen molar-refractivity contribution in [2.24, 2.45) is 0 Å². The minimum Gasteiger partial charge on any atom is -0.348 e. The number of fused-ring (bicyclic) bond motifs is 1. The minimum atomic E-state index is -3.99. The van der Waals surface area contributed by atoms with Crippen LogP contribution in [0, 0.1) is 13.8 Å². The Bertz CT molecular complexity index is 1460. The molecule has 0 saturated heterocycles. The molecule has 1 amide bonds. The highest BCUT2D eigenvalue weighted by Gasteiger charge is 2.21. The predicted octanol–water partition coefficient (Wildman–Crippen LogP) is 5.84. The van der Waals surface area contributed by atoms with E-state index in [1.165, 1.54) is 18.2 Å². The third-order valence-corrected chi connectivity index (χ3v) is 7.42. The zero-order valence-corrected chi connectivity index (χ0v) is 19.8. The first kappa shape index (κ1) is 22.8. The van der Waals surface area contributed by atoms with Gasteiger partial charge in [-0.25, -0.2) is 8.42 Å². The van der Waals surface area contributed by atoms with E-state index < -0.39 is 10.0 Å². The van der Waals surface area contributed by atoms with E-state index in [0.717, 1.165) is 27.5 Å². The molecule has 0 fully saturated rings. The molecule has 0 atom stereocenters. The summed E-state index contributed by atoms with van der Waals surface area (Å²) in [6, 6.07) is 23.3. The molecule has 7 heteroatoms. The zero-order chi connectivity index (χ0) is 23.6. The number of hydrogen-bond donors (Lipinski definition) is 2. The number of carbonyl (C=O) groups is 1. The van der Waals surface area contributed by atoms with E-state index in [0.29, 0.717) is 12.2 Å². The van der Waals surface area contributed by atoms with Crippen LogP contribution in [0.25, 0.3) is 10.8 Å². The number of carbonyl (C=O) groups excluding carboxylic acids is 1. The minimum absolute atomic E-state index is 0.0388. The van der Waals surface area contributed by atoms with Crippen molar-refractivity contribution >= 4 is 44.0 Å². The Hall–Kier alpha value is -3.35. The molecule has 5 nitrogen and oxygen atoms in total. The number of amides is 1. The molecule has 168 valence electrons. The molecule has 0 spiro atoms. The molecule has 2 N–H and O–H groups in total. The molecule has 0 saturated carbocycles. The summed E-state index contributed by atoms with van der Waals surface area (Å²) in [4.78, 5) is 12.7. The van der Waals surface area contributed by atoms with Crippen LogP contribution in [0.1, 0.15) is 27.0 Å². The third kappa shape index (κ3) is 5.02. The van der Waals surface area contributed by atoms with Gasteiger partial charge in [-0.15, -0.1) is 0 Å². The maximum Gasteiger partial charge on any atom is 0.263 e. The highest BCUT2D eigenvalue weighted by atomic mass is 35.5. The van der Waals surface area contributed by atoms with Gasteiger partial charge in [-0.2, -0.15) is 0 Å². The van der Waals surface area contributed by atoms with Gasteiger partial charge in [-0.05, 0) is 71.6 Å². The maximum absolute atomic E-state index is 13.0. The fourth-order valence-electron chi connectivity index (χ4n) is 3.59. The summed E-state index contributed by atoms with van der Waals surface area (Å²) in [7, 11) is -3.99. The number of nitrogens with one attached hydrogen (secondary N) is 2. The number of benzene rings is 4. The SMILES string of the molecule is Cc1ccc(NS(=O)(=O)c2cc(C(=O)NCc3cccc4ccccc34)ccc2Cl)cc1C. The van der Waals surface area contributed by atoms with Gasteiger partial charge in [0.1, 0.15) is 4.90 Å². The van der Waals surface area contributed by atoms with Crippen LogP contribution in [0.5, 0.6) is 0 Å². The Balaban J connectivity index is 1.55. The second-order valence-corrected chi connectivity index (χ2v) is 9.93. The number of sulfonamides is 1. The van der Waals surface area contributed by atoms with Crippen molar-refractivity contribution in [1.82, 2.24) is 5.32 Å². The first-order chi connectivity index (χ1) is 15.7. The molecule has 0 aromatic heterocycles. The van der Waals surface area contributed by atoms with Crippen molar-refractivity contribution in [3.63, 3.8) is 0 Å². The summed E-state index contributed by atoms with van der Waals surface area (Å²) in [5.41, 5.74) is 3.63. The Kier molecular flexibility index (Phi) is 6.40. The molecule has 0 heterocycles. The Morgan fingerprint density at radius 3 is 2.42 bits per heavy atom. The van der Waals surface area contributed by atoms with Crippen molar-refractivity contribution in [3.8, 4) is 0 Å². The number of hydrogen-bond acceptors (Lipinski definition) is 3. The van der Waals surface area contributed by atoms with Crippen LogP contribution in [0.2, 0.25) is 5.02 Å². The van der Waals surface area contributed by atoms with Gasteiger partial charge in [0.25, 0.3) is 15.9 Å². The van der Waals surface area contributed by atoms with E-state index >= 15 is 0 Å². The summed E-state index contributed by atoms with van der Waals surface area (Å²) in [5.74, 6) is -0.387. The van der Waals surface area contributed by atoms with Crippen LogP contribution in [-0.2, 0) is 16.6 Å². The molecule has 4 rings (SSSR count). The standard InChI is InChI=1S/C26H23ClN2O3S/c1-17-10-12-22(14-18(17)2)29-33(31,32)25-15-20(11-13-24(25)27)26(30)28-16-21-8-5-7-19-6-3-4-9-23(19)21/h3-15,29H,16H2,1-2H3,(H,28,30). The molecule has 4 aromatic carbocycles. The molecule has 0 radical (unpaired) electrons. The van der Waals surface area contributed by atoms with Crippen LogP contribution in [-0.4, -0.2) is 14.3 Å². The highest BCUT2D eigenvalue weighted by molar-refractivity contribution is 7.92. The van der Waals surface area contributed by atoms with E-state index in [1.54, 1.807) is 12.1 Å². The quantitative estimate of drug-likeness (QED) is 0.365.